The number of hydrogen-bond acceptors (Lipinski definition) is 5. The van der Waals surface area contributed by atoms with E-state index < -0.39 is 0 Å². The lowest BCUT2D eigenvalue weighted by atomic mass is 10.0. The Morgan fingerprint density at radius 3 is 2.58 bits per heavy atom. The van der Waals surface area contributed by atoms with Gasteiger partial charge in [-0.2, -0.15) is 0 Å². The Morgan fingerprint density at radius 1 is 1.42 bits per heavy atom. The predicted molar refractivity (Wildman–Crippen MR) is 115 cm³/mol. The standard InChI is InChI=1S/C16H30N6S.HI/c1-12(2)22-8-6-13(7-9-22)19-15(17-3)18-10-14-11-23-16(20-14)21(4)5;/h11-13H,6-10H2,1-5H3,(H2,17,18,19);1H. The molecule has 0 bridgehead atoms. The molecular weight excluding hydrogens is 435 g/mol. The smallest absolute Gasteiger partial charge is 0.191 e. The molecule has 0 aliphatic carbocycles. The molecule has 1 aliphatic rings. The van der Waals surface area contributed by atoms with Gasteiger partial charge in [0.25, 0.3) is 0 Å². The first kappa shape index (κ1) is 21.4. The van der Waals surface area contributed by atoms with Gasteiger partial charge in [0, 0.05) is 51.7 Å². The Bertz CT molecular complexity index is 508. The van der Waals surface area contributed by atoms with Crippen molar-refractivity contribution in [2.24, 2.45) is 4.99 Å². The second-order valence-corrected chi connectivity index (χ2v) is 7.33. The zero-order chi connectivity index (χ0) is 16.8. The molecule has 6 nitrogen and oxygen atoms in total. The van der Waals surface area contributed by atoms with Crippen LogP contribution in [-0.2, 0) is 6.54 Å². The van der Waals surface area contributed by atoms with Gasteiger partial charge in [0.1, 0.15) is 0 Å². The molecule has 0 radical (unpaired) electrons. The molecule has 0 saturated carbocycles. The largest absolute Gasteiger partial charge is 0.354 e. The van der Waals surface area contributed by atoms with E-state index in [2.05, 4.69) is 44.7 Å². The molecule has 1 aromatic rings. The Kier molecular flexibility index (Phi) is 9.28. The summed E-state index contributed by atoms with van der Waals surface area (Å²) in [5.74, 6) is 0.868. The van der Waals surface area contributed by atoms with Crippen molar-refractivity contribution in [2.45, 2.75) is 45.3 Å². The number of thiazole rings is 1. The van der Waals surface area contributed by atoms with E-state index in [-0.39, 0.29) is 24.0 Å². The van der Waals surface area contributed by atoms with Gasteiger partial charge in [0.2, 0.25) is 0 Å². The Morgan fingerprint density at radius 2 is 2.08 bits per heavy atom. The highest BCUT2D eigenvalue weighted by Crippen LogP contribution is 2.17. The summed E-state index contributed by atoms with van der Waals surface area (Å²) in [5, 5.41) is 10.0. The lowest BCUT2D eigenvalue weighted by Crippen LogP contribution is -2.49. The molecule has 2 heterocycles. The zero-order valence-corrected chi connectivity index (χ0v) is 18.5. The molecule has 2 rings (SSSR count). The summed E-state index contributed by atoms with van der Waals surface area (Å²) in [7, 11) is 5.85. The van der Waals surface area contributed by atoms with Crippen LogP contribution in [0.1, 0.15) is 32.4 Å². The number of anilines is 1. The summed E-state index contributed by atoms with van der Waals surface area (Å²) in [4.78, 5) is 13.5. The average Bonchev–Trinajstić information content (AvgIpc) is 3.01. The van der Waals surface area contributed by atoms with Gasteiger partial charge in [-0.3, -0.25) is 4.99 Å². The first-order valence-corrected chi connectivity index (χ1v) is 9.20. The lowest BCUT2D eigenvalue weighted by molar-refractivity contribution is 0.167. The minimum absolute atomic E-state index is 0. The zero-order valence-electron chi connectivity index (χ0n) is 15.4. The normalized spacial score (nSPS) is 16.8. The molecule has 24 heavy (non-hydrogen) atoms. The SMILES string of the molecule is CN=C(NCc1csc(N(C)C)n1)NC1CCN(C(C)C)CC1.I. The Balaban J connectivity index is 0.00000288. The molecule has 0 unspecified atom stereocenters. The van der Waals surface area contributed by atoms with Crippen LogP contribution in [0.15, 0.2) is 10.4 Å². The molecule has 2 N–H and O–H groups in total. The Hall–Kier alpha value is -0.610. The maximum absolute atomic E-state index is 4.58. The third-order valence-corrected chi connectivity index (χ3v) is 5.24. The van der Waals surface area contributed by atoms with Crippen LogP contribution >= 0.6 is 35.3 Å². The summed E-state index contributed by atoms with van der Waals surface area (Å²) in [6.45, 7) is 7.55. The minimum atomic E-state index is 0. The van der Waals surface area contributed by atoms with Gasteiger partial charge in [0.15, 0.2) is 11.1 Å². The van der Waals surface area contributed by atoms with Crippen molar-refractivity contribution in [1.29, 1.82) is 0 Å². The van der Waals surface area contributed by atoms with E-state index in [1.54, 1.807) is 11.3 Å². The van der Waals surface area contributed by atoms with Gasteiger partial charge < -0.3 is 20.4 Å². The van der Waals surface area contributed by atoms with Crippen molar-refractivity contribution in [3.05, 3.63) is 11.1 Å². The third-order valence-electron chi connectivity index (χ3n) is 4.18. The van der Waals surface area contributed by atoms with E-state index in [1.165, 1.54) is 12.8 Å². The maximum Gasteiger partial charge on any atom is 0.191 e. The second kappa shape index (κ2) is 10.4. The summed E-state index contributed by atoms with van der Waals surface area (Å²) in [6, 6.07) is 1.15. The van der Waals surface area contributed by atoms with Crippen LogP contribution < -0.4 is 15.5 Å². The first-order valence-electron chi connectivity index (χ1n) is 8.32. The fourth-order valence-corrected chi connectivity index (χ4v) is 3.46. The molecule has 0 spiro atoms. The maximum atomic E-state index is 4.58. The molecular formula is C16H31IN6S. The van der Waals surface area contributed by atoms with Crippen molar-refractivity contribution < 1.29 is 0 Å². The number of aromatic nitrogens is 1. The van der Waals surface area contributed by atoms with E-state index in [9.17, 15) is 0 Å². The highest BCUT2D eigenvalue weighted by molar-refractivity contribution is 14.0. The average molecular weight is 466 g/mol. The minimum Gasteiger partial charge on any atom is -0.354 e. The lowest BCUT2D eigenvalue weighted by Gasteiger charge is -2.35. The van der Waals surface area contributed by atoms with E-state index in [4.69, 9.17) is 0 Å². The van der Waals surface area contributed by atoms with Crippen molar-refractivity contribution in [3.8, 4) is 0 Å². The molecule has 1 saturated heterocycles. The fraction of sp³-hybridized carbons (Fsp3) is 0.750. The second-order valence-electron chi connectivity index (χ2n) is 6.49. The summed E-state index contributed by atoms with van der Waals surface area (Å²) < 4.78 is 0. The molecule has 1 aromatic heterocycles. The number of halogens is 1. The molecule has 0 atom stereocenters. The van der Waals surface area contributed by atoms with Gasteiger partial charge >= 0.3 is 0 Å². The highest BCUT2D eigenvalue weighted by Gasteiger charge is 2.21. The van der Waals surface area contributed by atoms with Gasteiger partial charge in [-0.15, -0.1) is 35.3 Å². The van der Waals surface area contributed by atoms with Gasteiger partial charge in [-0.1, -0.05) is 0 Å². The number of nitrogens with zero attached hydrogens (tertiary/aromatic N) is 4. The van der Waals surface area contributed by atoms with Crippen LogP contribution in [0.2, 0.25) is 0 Å². The number of hydrogen-bond donors (Lipinski definition) is 2. The van der Waals surface area contributed by atoms with Crippen LogP contribution in [0.5, 0.6) is 0 Å². The van der Waals surface area contributed by atoms with E-state index in [1.807, 2.05) is 26.0 Å². The summed E-state index contributed by atoms with van der Waals surface area (Å²) in [5.41, 5.74) is 1.05. The number of likely N-dealkylation sites (tertiary alicyclic amines) is 1. The molecule has 138 valence electrons. The topological polar surface area (TPSA) is 55.8 Å². The van der Waals surface area contributed by atoms with Gasteiger partial charge in [-0.05, 0) is 26.7 Å². The number of aliphatic imine (C=N–C) groups is 1. The molecule has 0 aromatic carbocycles. The number of nitrogens with one attached hydrogen (secondary N) is 2. The van der Waals surface area contributed by atoms with Crippen LogP contribution in [0.25, 0.3) is 0 Å². The fourth-order valence-electron chi connectivity index (χ4n) is 2.71. The van der Waals surface area contributed by atoms with Crippen molar-refractivity contribution in [3.63, 3.8) is 0 Å². The molecule has 1 aliphatic heterocycles. The van der Waals surface area contributed by atoms with Crippen LogP contribution in [0.3, 0.4) is 0 Å². The number of piperidine rings is 1. The summed E-state index contributed by atoms with van der Waals surface area (Å²) >= 11 is 1.66. The highest BCUT2D eigenvalue weighted by atomic mass is 127. The van der Waals surface area contributed by atoms with Gasteiger partial charge in [0.05, 0.1) is 12.2 Å². The van der Waals surface area contributed by atoms with Crippen LogP contribution in [0, 0.1) is 0 Å². The molecule has 8 heteroatoms. The Labute approximate surface area is 167 Å². The number of guanidine groups is 1. The summed E-state index contributed by atoms with van der Waals surface area (Å²) in [6.07, 6.45) is 2.33. The first-order chi connectivity index (χ1) is 11.0. The van der Waals surface area contributed by atoms with E-state index in [0.717, 1.165) is 29.9 Å². The predicted octanol–water partition coefficient (Wildman–Crippen LogP) is 2.36. The quantitative estimate of drug-likeness (QED) is 0.397. The number of rotatable bonds is 5. The van der Waals surface area contributed by atoms with Crippen LogP contribution in [0.4, 0.5) is 5.13 Å². The molecule has 1 fully saturated rings. The third kappa shape index (κ3) is 6.36. The van der Waals surface area contributed by atoms with Crippen LogP contribution in [-0.4, -0.2) is 62.2 Å². The van der Waals surface area contributed by atoms with Crippen molar-refractivity contribution in [2.75, 3.05) is 39.1 Å². The monoisotopic (exact) mass is 466 g/mol. The van der Waals surface area contributed by atoms with Gasteiger partial charge in [-0.25, -0.2) is 4.98 Å². The molecule has 0 amide bonds. The van der Waals surface area contributed by atoms with Crippen molar-refractivity contribution >= 4 is 46.4 Å². The van der Waals surface area contributed by atoms with E-state index >= 15 is 0 Å². The van der Waals surface area contributed by atoms with Crippen molar-refractivity contribution in [1.82, 2.24) is 20.5 Å². The van der Waals surface area contributed by atoms with E-state index in [0.29, 0.717) is 18.6 Å².